The number of hydrogen-bond acceptors (Lipinski definition) is 8. The van der Waals surface area contributed by atoms with E-state index < -0.39 is 17.8 Å². The topological polar surface area (TPSA) is 125 Å². The van der Waals surface area contributed by atoms with Gasteiger partial charge in [0.2, 0.25) is 6.79 Å². The van der Waals surface area contributed by atoms with Crippen LogP contribution in [0.25, 0.3) is 6.08 Å². The van der Waals surface area contributed by atoms with Gasteiger partial charge in [0.25, 0.3) is 11.8 Å². The SMILES string of the molecule is COc1cc(/C=N\NC(=O)/C(=C/c2ccc3c(c2)OCO3)NC(=O)c2ccccc2)ccc1OC(=O)c1ccc(Br)cc1. The Morgan fingerprint density at radius 1 is 0.837 bits per heavy atom. The molecule has 0 saturated carbocycles. The van der Waals surface area contributed by atoms with Crippen molar-refractivity contribution < 1.29 is 33.3 Å². The minimum atomic E-state index is -0.662. The molecule has 0 aliphatic carbocycles. The average Bonchev–Trinajstić information content (AvgIpc) is 3.50. The number of nitrogens with zero attached hydrogens (tertiary/aromatic N) is 1. The lowest BCUT2D eigenvalue weighted by molar-refractivity contribution is -0.117. The highest BCUT2D eigenvalue weighted by molar-refractivity contribution is 9.10. The van der Waals surface area contributed by atoms with Crippen molar-refractivity contribution in [3.8, 4) is 23.0 Å². The van der Waals surface area contributed by atoms with E-state index in [-0.39, 0.29) is 18.2 Å². The number of amides is 2. The molecular weight excluding hydrogens is 618 g/mol. The first-order chi connectivity index (χ1) is 20.9. The van der Waals surface area contributed by atoms with Crippen molar-refractivity contribution >= 4 is 46.0 Å². The van der Waals surface area contributed by atoms with Gasteiger partial charge in [-0.1, -0.05) is 40.2 Å². The van der Waals surface area contributed by atoms with Gasteiger partial charge < -0.3 is 24.3 Å². The largest absolute Gasteiger partial charge is 0.493 e. The number of halogens is 1. The molecule has 0 aromatic heterocycles. The second-order valence-corrected chi connectivity index (χ2v) is 9.91. The van der Waals surface area contributed by atoms with Gasteiger partial charge in [-0.15, -0.1) is 0 Å². The smallest absolute Gasteiger partial charge is 0.343 e. The Hall–Kier alpha value is -5.42. The molecule has 4 aromatic rings. The number of carbonyl (C=O) groups is 3. The Morgan fingerprint density at radius 2 is 1.58 bits per heavy atom. The Morgan fingerprint density at radius 3 is 2.35 bits per heavy atom. The van der Waals surface area contributed by atoms with Gasteiger partial charge in [0.1, 0.15) is 5.70 Å². The Bertz CT molecular complexity index is 1720. The van der Waals surface area contributed by atoms with E-state index in [4.69, 9.17) is 18.9 Å². The van der Waals surface area contributed by atoms with Crippen molar-refractivity contribution in [3.05, 3.63) is 123 Å². The number of hydrogen-bond donors (Lipinski definition) is 2. The van der Waals surface area contributed by atoms with Crippen molar-refractivity contribution in [2.75, 3.05) is 13.9 Å². The normalized spacial score (nSPS) is 12.1. The lowest BCUT2D eigenvalue weighted by Crippen LogP contribution is -2.32. The first kappa shape index (κ1) is 29.1. The van der Waals surface area contributed by atoms with E-state index in [1.54, 1.807) is 91.0 Å². The molecule has 0 radical (unpaired) electrons. The van der Waals surface area contributed by atoms with Gasteiger partial charge in [0, 0.05) is 10.0 Å². The summed E-state index contributed by atoms with van der Waals surface area (Å²) in [6.45, 7) is 0.106. The lowest BCUT2D eigenvalue weighted by atomic mass is 10.1. The third-order valence-electron chi connectivity index (χ3n) is 6.09. The van der Waals surface area contributed by atoms with E-state index in [1.165, 1.54) is 19.4 Å². The summed E-state index contributed by atoms with van der Waals surface area (Å²) < 4.78 is 22.5. The molecule has 2 N–H and O–H groups in total. The number of nitrogens with one attached hydrogen (secondary N) is 2. The summed E-state index contributed by atoms with van der Waals surface area (Å²) in [5, 5.41) is 6.69. The number of methoxy groups -OCH3 is 1. The van der Waals surface area contributed by atoms with Gasteiger partial charge in [-0.2, -0.15) is 5.10 Å². The second-order valence-electron chi connectivity index (χ2n) is 9.00. The monoisotopic (exact) mass is 641 g/mol. The number of hydrazone groups is 1. The number of rotatable bonds is 9. The van der Waals surface area contributed by atoms with Gasteiger partial charge >= 0.3 is 5.97 Å². The van der Waals surface area contributed by atoms with Crippen LogP contribution in [0.2, 0.25) is 0 Å². The molecule has 0 spiro atoms. The van der Waals surface area contributed by atoms with Crippen LogP contribution in [0.1, 0.15) is 31.8 Å². The predicted octanol–water partition coefficient (Wildman–Crippen LogP) is 5.33. The van der Waals surface area contributed by atoms with Crippen molar-refractivity contribution in [2.24, 2.45) is 5.10 Å². The molecule has 11 heteroatoms. The fourth-order valence-corrected chi connectivity index (χ4v) is 4.20. The van der Waals surface area contributed by atoms with E-state index in [9.17, 15) is 14.4 Å². The summed E-state index contributed by atoms with van der Waals surface area (Å²) in [5.41, 5.74) is 4.30. The Kier molecular flexibility index (Phi) is 9.13. The van der Waals surface area contributed by atoms with Crippen LogP contribution in [-0.2, 0) is 4.79 Å². The van der Waals surface area contributed by atoms with E-state index in [0.29, 0.717) is 39.5 Å². The van der Waals surface area contributed by atoms with Crippen LogP contribution in [0.15, 0.2) is 106 Å². The Balaban J connectivity index is 1.30. The summed E-state index contributed by atoms with van der Waals surface area (Å²) in [5.74, 6) is -0.0476. The number of esters is 1. The Labute approximate surface area is 255 Å². The summed E-state index contributed by atoms with van der Waals surface area (Å²) >= 11 is 3.33. The fraction of sp³-hybridized carbons (Fsp3) is 0.0625. The van der Waals surface area contributed by atoms with Crippen LogP contribution in [0.4, 0.5) is 0 Å². The molecule has 5 rings (SSSR count). The molecule has 2 amide bonds. The highest BCUT2D eigenvalue weighted by Crippen LogP contribution is 2.33. The maximum absolute atomic E-state index is 13.1. The van der Waals surface area contributed by atoms with Crippen LogP contribution >= 0.6 is 15.9 Å². The minimum absolute atomic E-state index is 0.0438. The van der Waals surface area contributed by atoms with Gasteiger partial charge in [0.05, 0.1) is 18.9 Å². The summed E-state index contributed by atoms with van der Waals surface area (Å²) in [4.78, 5) is 38.5. The standard InChI is InChI=1S/C32H24BrN3O7/c1-40-28-17-21(8-14-27(28)43-32(39)23-9-11-24(33)12-10-23)18-34-36-31(38)25(35-30(37)22-5-3-2-4-6-22)15-20-7-13-26-29(16-20)42-19-41-26/h2-18H,19H2,1H3,(H,35,37)(H,36,38)/b25-15-,34-18-. The molecule has 1 aliphatic heterocycles. The van der Waals surface area contributed by atoms with Crippen molar-refractivity contribution in [3.63, 3.8) is 0 Å². The zero-order valence-corrected chi connectivity index (χ0v) is 24.3. The third-order valence-corrected chi connectivity index (χ3v) is 6.62. The van der Waals surface area contributed by atoms with E-state index in [0.717, 1.165) is 4.47 Å². The summed E-state index contributed by atoms with van der Waals surface area (Å²) in [6, 6.07) is 25.2. The molecular formula is C32H24BrN3O7. The number of benzene rings is 4. The van der Waals surface area contributed by atoms with E-state index >= 15 is 0 Å². The summed E-state index contributed by atoms with van der Waals surface area (Å²) in [7, 11) is 1.44. The molecule has 1 aliphatic rings. The van der Waals surface area contributed by atoms with Crippen LogP contribution in [0.3, 0.4) is 0 Å². The fourth-order valence-electron chi connectivity index (χ4n) is 3.93. The zero-order chi connectivity index (χ0) is 30.2. The van der Waals surface area contributed by atoms with E-state index in [2.05, 4.69) is 31.8 Å². The molecule has 0 bridgehead atoms. The third kappa shape index (κ3) is 7.46. The zero-order valence-electron chi connectivity index (χ0n) is 22.7. The van der Waals surface area contributed by atoms with Gasteiger partial charge in [-0.05, 0) is 83.9 Å². The molecule has 0 fully saturated rings. The quantitative estimate of drug-likeness (QED) is 0.0832. The molecule has 0 saturated heterocycles. The van der Waals surface area contributed by atoms with Crippen LogP contribution in [-0.4, -0.2) is 37.9 Å². The maximum atomic E-state index is 13.1. The van der Waals surface area contributed by atoms with Crippen molar-refractivity contribution in [1.29, 1.82) is 0 Å². The van der Waals surface area contributed by atoms with Gasteiger partial charge in [-0.25, -0.2) is 10.2 Å². The number of carbonyl (C=O) groups excluding carboxylic acids is 3. The van der Waals surface area contributed by atoms with Crippen LogP contribution < -0.4 is 29.7 Å². The van der Waals surface area contributed by atoms with Gasteiger partial charge in [-0.3, -0.25) is 9.59 Å². The summed E-state index contributed by atoms with van der Waals surface area (Å²) in [6.07, 6.45) is 2.89. The van der Waals surface area contributed by atoms with Crippen LogP contribution in [0, 0.1) is 0 Å². The molecule has 10 nitrogen and oxygen atoms in total. The van der Waals surface area contributed by atoms with Crippen LogP contribution in [0.5, 0.6) is 23.0 Å². The van der Waals surface area contributed by atoms with E-state index in [1.807, 2.05) is 0 Å². The molecule has 1 heterocycles. The molecule has 43 heavy (non-hydrogen) atoms. The molecule has 216 valence electrons. The van der Waals surface area contributed by atoms with Crippen molar-refractivity contribution in [2.45, 2.75) is 0 Å². The number of ether oxygens (including phenoxy) is 4. The highest BCUT2D eigenvalue weighted by Gasteiger charge is 2.17. The predicted molar refractivity (Wildman–Crippen MR) is 162 cm³/mol. The van der Waals surface area contributed by atoms with Crippen molar-refractivity contribution in [1.82, 2.24) is 10.7 Å². The number of fused-ring (bicyclic) bond motifs is 1. The first-order valence-corrected chi connectivity index (χ1v) is 13.7. The average molecular weight is 642 g/mol. The molecule has 4 aromatic carbocycles. The first-order valence-electron chi connectivity index (χ1n) is 12.9. The molecule has 0 atom stereocenters. The highest BCUT2D eigenvalue weighted by atomic mass is 79.9. The maximum Gasteiger partial charge on any atom is 0.343 e. The molecule has 0 unspecified atom stereocenters. The second kappa shape index (κ2) is 13.5. The lowest BCUT2D eigenvalue weighted by Gasteiger charge is -2.10. The van der Waals surface area contributed by atoms with Gasteiger partial charge in [0.15, 0.2) is 23.0 Å². The minimum Gasteiger partial charge on any atom is -0.493 e.